The van der Waals surface area contributed by atoms with Gasteiger partial charge in [0.1, 0.15) is 0 Å². The number of nitrogens with zero attached hydrogens (tertiary/aromatic N) is 3. The molecule has 1 aromatic heterocycles. The molecule has 0 saturated carbocycles. The van der Waals surface area contributed by atoms with Crippen molar-refractivity contribution in [2.24, 2.45) is 5.73 Å². The molecular formula is C17H23ClN4O2S. The molecule has 1 amide bonds. The number of thioether (sulfide) groups is 1. The van der Waals surface area contributed by atoms with Crippen LogP contribution < -0.4 is 5.73 Å². The van der Waals surface area contributed by atoms with E-state index in [-0.39, 0.29) is 18.3 Å². The number of hydrogen-bond donors (Lipinski definition) is 1. The van der Waals surface area contributed by atoms with Gasteiger partial charge in [-0.05, 0) is 24.8 Å². The summed E-state index contributed by atoms with van der Waals surface area (Å²) < 4.78 is 5.27. The SMILES string of the molecule is Cl.NCc1ccc(-c2noc(CSCC(=O)N3CCCCC3)n2)cc1. The normalized spacial score (nSPS) is 14.2. The highest BCUT2D eigenvalue weighted by Crippen LogP contribution is 2.19. The molecule has 0 radical (unpaired) electrons. The Morgan fingerprint density at radius 2 is 1.92 bits per heavy atom. The Morgan fingerprint density at radius 1 is 1.20 bits per heavy atom. The van der Waals surface area contributed by atoms with Crippen molar-refractivity contribution in [1.82, 2.24) is 15.0 Å². The smallest absolute Gasteiger partial charge is 0.236 e. The fraction of sp³-hybridized carbons (Fsp3) is 0.471. The molecule has 0 atom stereocenters. The number of carbonyl (C=O) groups excluding carboxylic acids is 1. The molecule has 2 heterocycles. The Balaban J connectivity index is 0.00000225. The van der Waals surface area contributed by atoms with E-state index in [9.17, 15) is 4.79 Å². The summed E-state index contributed by atoms with van der Waals surface area (Å²) in [5.74, 6) is 2.33. The molecule has 1 aromatic carbocycles. The maximum absolute atomic E-state index is 12.1. The zero-order chi connectivity index (χ0) is 16.8. The summed E-state index contributed by atoms with van der Waals surface area (Å²) in [4.78, 5) is 18.4. The minimum atomic E-state index is 0. The molecule has 2 N–H and O–H groups in total. The van der Waals surface area contributed by atoms with Crippen molar-refractivity contribution in [1.29, 1.82) is 0 Å². The second-order valence-corrected chi connectivity index (χ2v) is 6.83. The van der Waals surface area contributed by atoms with Crippen molar-refractivity contribution in [3.8, 4) is 11.4 Å². The molecule has 1 aliphatic rings. The average molecular weight is 383 g/mol. The summed E-state index contributed by atoms with van der Waals surface area (Å²) >= 11 is 1.52. The number of rotatable bonds is 6. The van der Waals surface area contributed by atoms with E-state index >= 15 is 0 Å². The van der Waals surface area contributed by atoms with E-state index in [1.165, 1.54) is 18.2 Å². The van der Waals surface area contributed by atoms with Crippen LogP contribution in [0.2, 0.25) is 0 Å². The van der Waals surface area contributed by atoms with Crippen LogP contribution in [0.25, 0.3) is 11.4 Å². The van der Waals surface area contributed by atoms with E-state index < -0.39 is 0 Å². The highest BCUT2D eigenvalue weighted by Gasteiger charge is 2.17. The molecule has 136 valence electrons. The van der Waals surface area contributed by atoms with Crippen LogP contribution in [0.3, 0.4) is 0 Å². The van der Waals surface area contributed by atoms with Crippen LogP contribution in [0, 0.1) is 0 Å². The summed E-state index contributed by atoms with van der Waals surface area (Å²) in [6.07, 6.45) is 3.46. The lowest BCUT2D eigenvalue weighted by molar-refractivity contribution is -0.129. The van der Waals surface area contributed by atoms with Gasteiger partial charge in [0.15, 0.2) is 0 Å². The molecule has 1 saturated heterocycles. The number of amides is 1. The first-order valence-electron chi connectivity index (χ1n) is 8.24. The minimum absolute atomic E-state index is 0. The molecule has 0 spiro atoms. The maximum atomic E-state index is 12.1. The van der Waals surface area contributed by atoms with Gasteiger partial charge in [0, 0.05) is 25.2 Å². The molecule has 3 rings (SSSR count). The van der Waals surface area contributed by atoms with Gasteiger partial charge < -0.3 is 15.2 Å². The van der Waals surface area contributed by atoms with E-state index in [2.05, 4.69) is 10.1 Å². The number of carbonyl (C=O) groups is 1. The van der Waals surface area contributed by atoms with Crippen molar-refractivity contribution in [2.75, 3.05) is 18.8 Å². The molecular weight excluding hydrogens is 360 g/mol. The molecule has 0 aliphatic carbocycles. The second kappa shape index (κ2) is 9.79. The summed E-state index contributed by atoms with van der Waals surface area (Å²) in [7, 11) is 0. The maximum Gasteiger partial charge on any atom is 0.236 e. The van der Waals surface area contributed by atoms with Crippen molar-refractivity contribution in [3.63, 3.8) is 0 Å². The van der Waals surface area contributed by atoms with Crippen molar-refractivity contribution >= 4 is 30.1 Å². The zero-order valence-corrected chi connectivity index (χ0v) is 15.7. The van der Waals surface area contributed by atoms with Gasteiger partial charge in [-0.1, -0.05) is 29.4 Å². The van der Waals surface area contributed by atoms with Gasteiger partial charge in [0.25, 0.3) is 0 Å². The van der Waals surface area contributed by atoms with Gasteiger partial charge in [-0.25, -0.2) is 0 Å². The lowest BCUT2D eigenvalue weighted by Crippen LogP contribution is -2.36. The van der Waals surface area contributed by atoms with Crippen molar-refractivity contribution < 1.29 is 9.32 Å². The topological polar surface area (TPSA) is 85.2 Å². The van der Waals surface area contributed by atoms with E-state index in [4.69, 9.17) is 10.3 Å². The van der Waals surface area contributed by atoms with Gasteiger partial charge in [-0.15, -0.1) is 24.2 Å². The quantitative estimate of drug-likeness (QED) is 0.826. The second-order valence-electron chi connectivity index (χ2n) is 5.85. The van der Waals surface area contributed by atoms with E-state index in [1.807, 2.05) is 29.2 Å². The van der Waals surface area contributed by atoms with Gasteiger partial charge >= 0.3 is 0 Å². The van der Waals surface area contributed by atoms with Gasteiger partial charge in [0.05, 0.1) is 11.5 Å². The van der Waals surface area contributed by atoms with Gasteiger partial charge in [-0.2, -0.15) is 4.98 Å². The Bertz CT molecular complexity index is 672. The number of benzene rings is 1. The monoisotopic (exact) mass is 382 g/mol. The minimum Gasteiger partial charge on any atom is -0.342 e. The lowest BCUT2D eigenvalue weighted by atomic mass is 10.1. The molecule has 0 bridgehead atoms. The van der Waals surface area contributed by atoms with Crippen LogP contribution >= 0.6 is 24.2 Å². The first-order valence-corrected chi connectivity index (χ1v) is 9.39. The third kappa shape index (κ3) is 5.45. The summed E-state index contributed by atoms with van der Waals surface area (Å²) in [5.41, 5.74) is 7.56. The predicted molar refractivity (Wildman–Crippen MR) is 101 cm³/mol. The predicted octanol–water partition coefficient (Wildman–Crippen LogP) is 2.86. The molecule has 1 aliphatic heterocycles. The fourth-order valence-electron chi connectivity index (χ4n) is 2.68. The van der Waals surface area contributed by atoms with Crippen molar-refractivity contribution in [2.45, 2.75) is 31.6 Å². The average Bonchev–Trinajstić information content (AvgIpc) is 3.11. The Kier molecular flexibility index (Phi) is 7.74. The molecule has 1 fully saturated rings. The summed E-state index contributed by atoms with van der Waals surface area (Å²) in [6.45, 7) is 2.30. The summed E-state index contributed by atoms with van der Waals surface area (Å²) in [5, 5.41) is 4.00. The van der Waals surface area contributed by atoms with Crippen LogP contribution in [0.15, 0.2) is 28.8 Å². The molecule has 8 heteroatoms. The van der Waals surface area contributed by atoms with Crippen LogP contribution in [-0.2, 0) is 17.1 Å². The molecule has 2 aromatic rings. The van der Waals surface area contributed by atoms with Gasteiger partial charge in [0.2, 0.25) is 17.6 Å². The van der Waals surface area contributed by atoms with Crippen molar-refractivity contribution in [3.05, 3.63) is 35.7 Å². The highest BCUT2D eigenvalue weighted by molar-refractivity contribution is 7.99. The first-order chi connectivity index (χ1) is 11.8. The Labute approximate surface area is 157 Å². The number of likely N-dealkylation sites (tertiary alicyclic amines) is 1. The van der Waals surface area contributed by atoms with E-state index in [0.29, 0.717) is 29.8 Å². The molecule has 0 unspecified atom stereocenters. The number of aromatic nitrogens is 2. The number of hydrogen-bond acceptors (Lipinski definition) is 6. The Morgan fingerprint density at radius 3 is 2.60 bits per heavy atom. The fourth-order valence-corrected chi connectivity index (χ4v) is 3.43. The third-order valence-electron chi connectivity index (χ3n) is 4.08. The molecule has 25 heavy (non-hydrogen) atoms. The standard InChI is InChI=1S/C17H22N4O2S.ClH/c18-10-13-4-6-14(7-5-13)17-19-15(23-20-17)11-24-12-16(22)21-8-2-1-3-9-21;/h4-7H,1-3,8-12,18H2;1H. The highest BCUT2D eigenvalue weighted by atomic mass is 35.5. The number of nitrogens with two attached hydrogens (primary N) is 1. The summed E-state index contributed by atoms with van der Waals surface area (Å²) in [6, 6.07) is 7.78. The number of halogens is 1. The van der Waals surface area contributed by atoms with Crippen LogP contribution in [0.4, 0.5) is 0 Å². The van der Waals surface area contributed by atoms with Crippen LogP contribution in [0.5, 0.6) is 0 Å². The third-order valence-corrected chi connectivity index (χ3v) is 4.98. The zero-order valence-electron chi connectivity index (χ0n) is 14.0. The van der Waals surface area contributed by atoms with Crippen LogP contribution in [0.1, 0.15) is 30.7 Å². The van der Waals surface area contributed by atoms with E-state index in [0.717, 1.165) is 37.1 Å². The van der Waals surface area contributed by atoms with E-state index in [1.54, 1.807) is 0 Å². The largest absolute Gasteiger partial charge is 0.342 e. The van der Waals surface area contributed by atoms with Gasteiger partial charge in [-0.3, -0.25) is 4.79 Å². The lowest BCUT2D eigenvalue weighted by Gasteiger charge is -2.26. The first kappa shape index (κ1) is 19.8. The number of piperidine rings is 1. The molecule has 6 nitrogen and oxygen atoms in total. The van der Waals surface area contributed by atoms with Crippen LogP contribution in [-0.4, -0.2) is 39.8 Å². The Hall–Kier alpha value is -1.57.